The molecule has 1 aromatic heterocycles. The van der Waals surface area contributed by atoms with Crippen LogP contribution in [0.5, 0.6) is 5.88 Å². The van der Waals surface area contributed by atoms with Crippen LogP contribution in [-0.4, -0.2) is 95.6 Å². The molecule has 5 aliphatic rings. The molecule has 0 radical (unpaired) electrons. The van der Waals surface area contributed by atoms with E-state index in [1.165, 1.54) is 0 Å². The molecule has 0 bridgehead atoms. The standard InChI is InChI=1S/C30H44N6O4/c1-20(22-8-6-14-35(22)2)40-25-17-24(36-15-13-32-18-29(36)12-16-39-19-29)33-28(34-25)26(38)21-7-5-11-30(27(21)31)10-4-3-9-23(30)37/h17,20,22,31-32,38H,3-16,18-19H2,1-2H3/b26-21-,31-27?/t20-,22-,29-,30+/m0/s1. The Hall–Kier alpha value is -2.56. The maximum Gasteiger partial charge on any atom is 0.219 e. The average Bonchev–Trinajstić information content (AvgIpc) is 3.60. The van der Waals surface area contributed by atoms with Crippen molar-refractivity contribution in [2.24, 2.45) is 5.41 Å². The molecule has 0 amide bonds. The maximum absolute atomic E-state index is 13.1. The second kappa shape index (κ2) is 11.0. The summed E-state index contributed by atoms with van der Waals surface area (Å²) in [4.78, 5) is 27.4. The van der Waals surface area contributed by atoms with Crippen molar-refractivity contribution in [2.45, 2.75) is 88.8 Å². The van der Waals surface area contributed by atoms with Crippen molar-refractivity contribution < 1.29 is 19.4 Å². The van der Waals surface area contributed by atoms with Crippen LogP contribution in [0.4, 0.5) is 5.82 Å². The van der Waals surface area contributed by atoms with Crippen LogP contribution in [0.25, 0.3) is 5.76 Å². The molecule has 5 fully saturated rings. The topological polar surface area (TPSA) is 124 Å². The summed E-state index contributed by atoms with van der Waals surface area (Å²) in [5.41, 5.74) is -0.215. The van der Waals surface area contributed by atoms with Gasteiger partial charge in [-0.1, -0.05) is 6.42 Å². The summed E-state index contributed by atoms with van der Waals surface area (Å²) < 4.78 is 12.3. The maximum atomic E-state index is 13.1. The lowest BCUT2D eigenvalue weighted by Crippen LogP contribution is -2.62. The number of aliphatic hydroxyl groups is 1. The molecule has 4 atom stereocenters. The van der Waals surface area contributed by atoms with Crippen LogP contribution in [0.15, 0.2) is 11.6 Å². The lowest BCUT2D eigenvalue weighted by atomic mass is 9.62. The zero-order chi connectivity index (χ0) is 27.9. The van der Waals surface area contributed by atoms with Gasteiger partial charge in [0.15, 0.2) is 11.6 Å². The first-order valence-electron chi connectivity index (χ1n) is 15.2. The number of ether oxygens (including phenoxy) is 2. The van der Waals surface area contributed by atoms with Gasteiger partial charge in [-0.3, -0.25) is 9.69 Å². The zero-order valence-corrected chi connectivity index (χ0v) is 24.0. The minimum atomic E-state index is -0.776. The fourth-order valence-corrected chi connectivity index (χ4v) is 7.76. The van der Waals surface area contributed by atoms with Crippen molar-refractivity contribution in [1.29, 1.82) is 5.41 Å². The van der Waals surface area contributed by atoms with Crippen molar-refractivity contribution in [3.8, 4) is 5.88 Å². The lowest BCUT2D eigenvalue weighted by Gasteiger charge is -2.45. The van der Waals surface area contributed by atoms with Gasteiger partial charge in [0.2, 0.25) is 5.88 Å². The molecule has 3 N–H and O–H groups in total. The van der Waals surface area contributed by atoms with E-state index in [9.17, 15) is 9.90 Å². The monoisotopic (exact) mass is 552 g/mol. The Kier molecular flexibility index (Phi) is 7.61. The highest BCUT2D eigenvalue weighted by Crippen LogP contribution is 2.46. The number of aromatic nitrogens is 2. The highest BCUT2D eigenvalue weighted by atomic mass is 16.5. The van der Waals surface area contributed by atoms with Gasteiger partial charge >= 0.3 is 0 Å². The van der Waals surface area contributed by atoms with E-state index in [4.69, 9.17) is 24.9 Å². The third-order valence-corrected chi connectivity index (χ3v) is 10.1. The Morgan fingerprint density at radius 1 is 1.20 bits per heavy atom. The second-order valence-corrected chi connectivity index (χ2v) is 12.5. The summed E-state index contributed by atoms with van der Waals surface area (Å²) in [6, 6.07) is 2.20. The second-order valence-electron chi connectivity index (χ2n) is 12.5. The Morgan fingerprint density at radius 2 is 2.05 bits per heavy atom. The highest BCUT2D eigenvalue weighted by molar-refractivity contribution is 6.18. The Labute approximate surface area is 237 Å². The van der Waals surface area contributed by atoms with E-state index < -0.39 is 5.41 Å². The zero-order valence-electron chi connectivity index (χ0n) is 24.0. The minimum absolute atomic E-state index is 0.0826. The Bertz CT molecular complexity index is 1180. The number of aliphatic hydroxyl groups excluding tert-OH is 1. The molecule has 10 heteroatoms. The number of Topliss-reactive ketones (excluding diaryl/α,β-unsaturated/α-hetero) is 1. The van der Waals surface area contributed by atoms with Crippen molar-refractivity contribution in [2.75, 3.05) is 51.3 Å². The molecule has 2 aliphatic carbocycles. The molecule has 1 aromatic rings. The number of allylic oxidation sites excluding steroid dienone is 1. The van der Waals surface area contributed by atoms with E-state index in [0.717, 1.165) is 64.7 Å². The smallest absolute Gasteiger partial charge is 0.219 e. The van der Waals surface area contributed by atoms with Crippen LogP contribution in [0, 0.1) is 10.8 Å². The van der Waals surface area contributed by atoms with Crippen LogP contribution in [0.1, 0.15) is 77.0 Å². The van der Waals surface area contributed by atoms with Gasteiger partial charge in [-0.15, -0.1) is 0 Å². The van der Waals surface area contributed by atoms with E-state index in [-0.39, 0.29) is 34.7 Å². The molecule has 40 heavy (non-hydrogen) atoms. The van der Waals surface area contributed by atoms with Crippen molar-refractivity contribution in [3.63, 3.8) is 0 Å². The molecule has 2 saturated carbocycles. The Morgan fingerprint density at radius 3 is 2.80 bits per heavy atom. The quantitative estimate of drug-likeness (QED) is 0.471. The number of anilines is 1. The van der Waals surface area contributed by atoms with Gasteiger partial charge in [0.25, 0.3) is 0 Å². The van der Waals surface area contributed by atoms with Gasteiger partial charge in [-0.05, 0) is 71.9 Å². The molecular formula is C30H44N6O4. The summed E-state index contributed by atoms with van der Waals surface area (Å²) in [5.74, 6) is 1.36. The molecule has 0 unspecified atom stereocenters. The number of nitrogens with one attached hydrogen (secondary N) is 2. The summed E-state index contributed by atoms with van der Waals surface area (Å²) in [6.07, 6.45) is 8.04. The highest BCUT2D eigenvalue weighted by Gasteiger charge is 2.48. The Balaban J connectivity index is 1.39. The average molecular weight is 553 g/mol. The number of ketones is 1. The molecule has 4 heterocycles. The van der Waals surface area contributed by atoms with Crippen molar-refractivity contribution in [3.05, 3.63) is 17.5 Å². The largest absolute Gasteiger partial charge is 0.504 e. The fraction of sp³-hybridized carbons (Fsp3) is 0.733. The van der Waals surface area contributed by atoms with Gasteiger partial charge in [0, 0.05) is 50.3 Å². The van der Waals surface area contributed by atoms with E-state index in [1.807, 2.05) is 6.07 Å². The minimum Gasteiger partial charge on any atom is -0.504 e. The number of carbonyl (C=O) groups excluding carboxylic acids is 1. The molecule has 2 spiro atoms. The van der Waals surface area contributed by atoms with E-state index in [2.05, 4.69) is 29.1 Å². The first kappa shape index (κ1) is 27.6. The number of hydrogen-bond donors (Lipinski definition) is 3. The molecular weight excluding hydrogens is 508 g/mol. The van der Waals surface area contributed by atoms with Crippen LogP contribution in [0.3, 0.4) is 0 Å². The number of likely N-dealkylation sites (N-methyl/N-ethyl adjacent to an activating group) is 1. The van der Waals surface area contributed by atoms with Crippen LogP contribution in [0.2, 0.25) is 0 Å². The van der Waals surface area contributed by atoms with Crippen LogP contribution < -0.4 is 15.0 Å². The van der Waals surface area contributed by atoms with Crippen molar-refractivity contribution >= 4 is 23.1 Å². The molecule has 218 valence electrons. The predicted molar refractivity (Wildman–Crippen MR) is 153 cm³/mol. The summed E-state index contributed by atoms with van der Waals surface area (Å²) >= 11 is 0. The molecule has 6 rings (SSSR count). The van der Waals surface area contributed by atoms with E-state index in [1.54, 1.807) is 0 Å². The first-order chi connectivity index (χ1) is 19.3. The molecule has 3 saturated heterocycles. The SMILES string of the molecule is C[C@H](Oc1cc(N2CCNC[C@]23CCOC3)nc(/C(O)=C2\CCC[C@@]3(CCCCC3=O)C2=N)n1)[C@@H]1CCCN1C. The third kappa shape index (κ3) is 4.81. The summed E-state index contributed by atoms with van der Waals surface area (Å²) in [6.45, 7) is 6.83. The van der Waals surface area contributed by atoms with Crippen LogP contribution in [-0.2, 0) is 9.53 Å². The normalized spacial score (nSPS) is 33.6. The predicted octanol–water partition coefficient (Wildman–Crippen LogP) is 3.51. The lowest BCUT2D eigenvalue weighted by molar-refractivity contribution is -0.128. The molecule has 10 nitrogen and oxygen atoms in total. The summed E-state index contributed by atoms with van der Waals surface area (Å²) in [7, 11) is 2.13. The van der Waals surface area contributed by atoms with Gasteiger partial charge in [-0.2, -0.15) is 4.98 Å². The number of likely N-dealkylation sites (tertiary alicyclic amines) is 1. The van der Waals surface area contributed by atoms with Gasteiger partial charge in [0.05, 0.1) is 23.3 Å². The number of carbonyl (C=O) groups is 1. The number of rotatable bonds is 5. The molecule has 3 aliphatic heterocycles. The first-order valence-corrected chi connectivity index (χ1v) is 15.2. The van der Waals surface area contributed by atoms with E-state index in [0.29, 0.717) is 62.2 Å². The number of piperazine rings is 1. The fourth-order valence-electron chi connectivity index (χ4n) is 7.76. The van der Waals surface area contributed by atoms with Crippen LogP contribution >= 0.6 is 0 Å². The number of nitrogens with zero attached hydrogens (tertiary/aromatic N) is 4. The third-order valence-electron chi connectivity index (χ3n) is 10.1. The van der Waals surface area contributed by atoms with Gasteiger partial charge in [0.1, 0.15) is 17.7 Å². The van der Waals surface area contributed by atoms with Crippen molar-refractivity contribution in [1.82, 2.24) is 20.2 Å². The van der Waals surface area contributed by atoms with E-state index >= 15 is 0 Å². The molecule has 0 aromatic carbocycles. The van der Waals surface area contributed by atoms with Gasteiger partial charge in [-0.25, -0.2) is 4.98 Å². The number of hydrogen-bond acceptors (Lipinski definition) is 10. The summed E-state index contributed by atoms with van der Waals surface area (Å²) in [5, 5.41) is 24.3. The van der Waals surface area contributed by atoms with Gasteiger partial charge < -0.3 is 30.2 Å².